The Balaban J connectivity index is 3.19. The van der Waals surface area contributed by atoms with Gasteiger partial charge in [0.05, 0.1) is 18.2 Å². The molecule has 1 rings (SSSR count). The number of hydrogen-bond acceptors (Lipinski definition) is 4. The van der Waals surface area contributed by atoms with Crippen LogP contribution in [-0.4, -0.2) is 16.5 Å². The van der Waals surface area contributed by atoms with Gasteiger partial charge in [0, 0.05) is 10.9 Å². The van der Waals surface area contributed by atoms with Gasteiger partial charge in [-0.25, -0.2) is 4.98 Å². The summed E-state index contributed by atoms with van der Waals surface area (Å²) in [5, 5.41) is 18.0. The standard InChI is InChI=1S/C9H6BrF3N2O2/c10-4-5-3-6(1-2-14)15-8(7(5)16)17-9(11,12)13/h3,16H,1,4H2. The summed E-state index contributed by atoms with van der Waals surface area (Å²) in [6, 6.07) is 3.08. The molecule has 1 N–H and O–H groups in total. The molecule has 0 atom stereocenters. The molecule has 0 unspecified atom stereocenters. The molecule has 0 saturated heterocycles. The zero-order valence-electron chi connectivity index (χ0n) is 8.25. The summed E-state index contributed by atoms with van der Waals surface area (Å²) in [6.45, 7) is 0. The van der Waals surface area contributed by atoms with Crippen LogP contribution in [-0.2, 0) is 11.8 Å². The van der Waals surface area contributed by atoms with Crippen molar-refractivity contribution in [2.75, 3.05) is 0 Å². The SMILES string of the molecule is N#CCc1cc(CBr)c(O)c(OC(F)(F)F)n1. The molecule has 0 aromatic carbocycles. The number of hydrogen-bond donors (Lipinski definition) is 1. The van der Waals surface area contributed by atoms with Crippen molar-refractivity contribution >= 4 is 15.9 Å². The highest BCUT2D eigenvalue weighted by Gasteiger charge is 2.33. The van der Waals surface area contributed by atoms with Crippen LogP contribution >= 0.6 is 15.9 Å². The number of aromatic nitrogens is 1. The normalized spacial score (nSPS) is 11.0. The largest absolute Gasteiger partial charge is 0.574 e. The molecule has 0 fully saturated rings. The Morgan fingerprint density at radius 1 is 1.53 bits per heavy atom. The third kappa shape index (κ3) is 3.78. The van der Waals surface area contributed by atoms with Crippen LogP contribution in [0.5, 0.6) is 11.6 Å². The van der Waals surface area contributed by atoms with Gasteiger partial charge in [-0.15, -0.1) is 13.2 Å². The lowest BCUT2D eigenvalue weighted by Gasteiger charge is -2.12. The first-order valence-electron chi connectivity index (χ1n) is 4.27. The van der Waals surface area contributed by atoms with E-state index < -0.39 is 18.0 Å². The number of nitriles is 1. The quantitative estimate of drug-likeness (QED) is 0.872. The van der Waals surface area contributed by atoms with Crippen molar-refractivity contribution in [3.05, 3.63) is 17.3 Å². The molecule has 1 aromatic rings. The smallest absolute Gasteiger partial charge is 0.503 e. The maximum absolute atomic E-state index is 12.0. The molecule has 0 amide bonds. The van der Waals surface area contributed by atoms with Crippen molar-refractivity contribution in [3.8, 4) is 17.7 Å². The van der Waals surface area contributed by atoms with Gasteiger partial charge in [-0.1, -0.05) is 15.9 Å². The lowest BCUT2D eigenvalue weighted by molar-refractivity contribution is -0.276. The molecule has 1 aromatic heterocycles. The van der Waals surface area contributed by atoms with Crippen molar-refractivity contribution in [1.82, 2.24) is 4.98 Å². The summed E-state index contributed by atoms with van der Waals surface area (Å²) in [7, 11) is 0. The van der Waals surface area contributed by atoms with Crippen molar-refractivity contribution in [3.63, 3.8) is 0 Å². The van der Waals surface area contributed by atoms with Crippen molar-refractivity contribution in [2.24, 2.45) is 0 Å². The molecular weight excluding hydrogens is 305 g/mol. The number of ether oxygens (including phenoxy) is 1. The van der Waals surface area contributed by atoms with Gasteiger partial charge in [0.15, 0.2) is 5.75 Å². The van der Waals surface area contributed by atoms with E-state index in [-0.39, 0.29) is 23.0 Å². The molecule has 0 radical (unpaired) electrons. The molecule has 0 aliphatic rings. The van der Waals surface area contributed by atoms with E-state index in [2.05, 4.69) is 25.7 Å². The molecule has 1 heterocycles. The Kier molecular flexibility index (Phi) is 4.17. The predicted octanol–water partition coefficient (Wildman–Crippen LogP) is 2.65. The summed E-state index contributed by atoms with van der Waals surface area (Å²) in [5.74, 6) is -1.64. The van der Waals surface area contributed by atoms with Gasteiger partial charge in [0.2, 0.25) is 0 Å². The number of pyridine rings is 1. The highest BCUT2D eigenvalue weighted by Crippen LogP contribution is 2.33. The molecule has 0 aliphatic carbocycles. The number of alkyl halides is 4. The van der Waals surface area contributed by atoms with Crippen LogP contribution in [0.1, 0.15) is 11.3 Å². The zero-order valence-corrected chi connectivity index (χ0v) is 9.84. The van der Waals surface area contributed by atoms with Crippen LogP contribution in [0.15, 0.2) is 6.07 Å². The van der Waals surface area contributed by atoms with Crippen molar-refractivity contribution in [1.29, 1.82) is 5.26 Å². The van der Waals surface area contributed by atoms with E-state index in [1.807, 2.05) is 0 Å². The minimum Gasteiger partial charge on any atom is -0.503 e. The average molecular weight is 311 g/mol. The van der Waals surface area contributed by atoms with Crippen LogP contribution in [0.25, 0.3) is 0 Å². The first-order chi connectivity index (χ1) is 7.87. The van der Waals surface area contributed by atoms with Gasteiger partial charge in [-0.3, -0.25) is 0 Å². The van der Waals surface area contributed by atoms with Crippen molar-refractivity contribution < 1.29 is 23.0 Å². The van der Waals surface area contributed by atoms with Crippen LogP contribution in [0.4, 0.5) is 13.2 Å². The van der Waals surface area contributed by atoms with Gasteiger partial charge in [-0.05, 0) is 6.07 Å². The van der Waals surface area contributed by atoms with Crippen molar-refractivity contribution in [2.45, 2.75) is 18.1 Å². The highest BCUT2D eigenvalue weighted by molar-refractivity contribution is 9.08. The number of rotatable bonds is 3. The number of aromatic hydroxyl groups is 1. The van der Waals surface area contributed by atoms with Gasteiger partial charge in [0.25, 0.3) is 5.88 Å². The second-order valence-electron chi connectivity index (χ2n) is 2.94. The average Bonchev–Trinajstić information content (AvgIpc) is 2.21. The molecule has 0 aliphatic heterocycles. The molecule has 0 bridgehead atoms. The van der Waals surface area contributed by atoms with Crippen LogP contribution in [0, 0.1) is 11.3 Å². The van der Waals surface area contributed by atoms with Gasteiger partial charge < -0.3 is 9.84 Å². The van der Waals surface area contributed by atoms with E-state index in [1.54, 1.807) is 6.07 Å². The molecule has 92 valence electrons. The van der Waals surface area contributed by atoms with E-state index in [0.29, 0.717) is 0 Å². The highest BCUT2D eigenvalue weighted by atomic mass is 79.9. The fourth-order valence-electron chi connectivity index (χ4n) is 1.08. The van der Waals surface area contributed by atoms with Crippen LogP contribution in [0.2, 0.25) is 0 Å². The molecule has 17 heavy (non-hydrogen) atoms. The maximum atomic E-state index is 12.0. The molecular formula is C9H6BrF3N2O2. The minimum atomic E-state index is -4.95. The van der Waals surface area contributed by atoms with E-state index >= 15 is 0 Å². The van der Waals surface area contributed by atoms with Crippen LogP contribution < -0.4 is 4.74 Å². The number of nitrogens with zero attached hydrogens (tertiary/aromatic N) is 2. The zero-order chi connectivity index (χ0) is 13.1. The third-order valence-corrected chi connectivity index (χ3v) is 2.31. The Hall–Kier alpha value is -1.49. The molecule has 0 saturated carbocycles. The van der Waals surface area contributed by atoms with E-state index in [1.165, 1.54) is 6.07 Å². The first-order valence-corrected chi connectivity index (χ1v) is 5.40. The summed E-state index contributed by atoms with van der Waals surface area (Å²) in [5.41, 5.74) is 0.267. The summed E-state index contributed by atoms with van der Waals surface area (Å²) < 4.78 is 39.6. The van der Waals surface area contributed by atoms with E-state index in [0.717, 1.165) is 0 Å². The Morgan fingerprint density at radius 2 is 2.18 bits per heavy atom. The van der Waals surface area contributed by atoms with E-state index in [9.17, 15) is 18.3 Å². The summed E-state index contributed by atoms with van der Waals surface area (Å²) >= 11 is 3.00. The predicted molar refractivity (Wildman–Crippen MR) is 54.5 cm³/mol. The molecule has 4 nitrogen and oxygen atoms in total. The van der Waals surface area contributed by atoms with Gasteiger partial charge in [-0.2, -0.15) is 5.26 Å². The molecule has 8 heteroatoms. The lowest BCUT2D eigenvalue weighted by atomic mass is 10.2. The fourth-order valence-corrected chi connectivity index (χ4v) is 1.50. The Morgan fingerprint density at radius 3 is 2.65 bits per heavy atom. The second-order valence-corrected chi connectivity index (χ2v) is 3.50. The second kappa shape index (κ2) is 5.23. The summed E-state index contributed by atoms with van der Waals surface area (Å²) in [6.07, 6.45) is -5.12. The Bertz CT molecular complexity index is 457. The topological polar surface area (TPSA) is 66.1 Å². The number of halogens is 4. The first kappa shape index (κ1) is 13.6. The molecule has 0 spiro atoms. The monoisotopic (exact) mass is 310 g/mol. The maximum Gasteiger partial charge on any atom is 0.574 e. The summed E-state index contributed by atoms with van der Waals surface area (Å²) in [4.78, 5) is 3.42. The Labute approximate surface area is 103 Å². The van der Waals surface area contributed by atoms with Gasteiger partial charge in [0.1, 0.15) is 0 Å². The fraction of sp³-hybridized carbons (Fsp3) is 0.333. The van der Waals surface area contributed by atoms with Crippen LogP contribution in [0.3, 0.4) is 0 Å². The third-order valence-electron chi connectivity index (χ3n) is 1.71. The lowest BCUT2D eigenvalue weighted by Crippen LogP contribution is -2.18. The van der Waals surface area contributed by atoms with Gasteiger partial charge >= 0.3 is 6.36 Å². The van der Waals surface area contributed by atoms with E-state index in [4.69, 9.17) is 5.26 Å². The minimum absolute atomic E-state index is 0.0963.